The molecule has 2 heterocycles. The lowest BCUT2D eigenvalue weighted by atomic mass is 9.94. The van der Waals surface area contributed by atoms with Crippen molar-refractivity contribution in [1.29, 1.82) is 0 Å². The number of rotatable bonds is 8. The number of phenols is 1. The molecule has 0 atom stereocenters. The molecule has 0 amide bonds. The van der Waals surface area contributed by atoms with E-state index >= 15 is 0 Å². The summed E-state index contributed by atoms with van der Waals surface area (Å²) in [5.41, 5.74) is 10.3. The van der Waals surface area contributed by atoms with Crippen LogP contribution < -0.4 is 14.7 Å². The maximum Gasteiger partial charge on any atom is 0.196 e. The van der Waals surface area contributed by atoms with E-state index in [1.165, 1.54) is 18.1 Å². The number of fused-ring (bicyclic) bond motifs is 1. The van der Waals surface area contributed by atoms with Crippen LogP contribution in [0.3, 0.4) is 0 Å². The smallest absolute Gasteiger partial charge is 0.196 e. The zero-order valence-corrected chi connectivity index (χ0v) is 32.3. The molecule has 0 fully saturated rings. The van der Waals surface area contributed by atoms with Gasteiger partial charge in [0, 0.05) is 39.3 Å². The quantitative estimate of drug-likeness (QED) is 0.0579. The molecule has 294 valence electrons. The Morgan fingerprint density at radius 2 is 1.32 bits per heavy atom. The third-order valence-corrected chi connectivity index (χ3v) is 11.2. The van der Waals surface area contributed by atoms with Gasteiger partial charge in [-0.15, -0.1) is 0 Å². The summed E-state index contributed by atoms with van der Waals surface area (Å²) in [4.78, 5) is 13.9. The van der Waals surface area contributed by atoms with Gasteiger partial charge in [0.15, 0.2) is 23.0 Å². The zero-order chi connectivity index (χ0) is 41.2. The summed E-state index contributed by atoms with van der Waals surface area (Å²) in [5.74, 6) is -1.30. The molecule has 1 aliphatic heterocycles. The Kier molecular flexibility index (Phi) is 8.54. The van der Waals surface area contributed by atoms with E-state index in [-0.39, 0.29) is 11.3 Å². The van der Waals surface area contributed by atoms with Gasteiger partial charge in [0.05, 0.1) is 11.0 Å². The number of hydrogen-bond donors (Lipinski definition) is 5. The largest absolute Gasteiger partial charge is 0.509 e. The molecule has 0 spiro atoms. The van der Waals surface area contributed by atoms with Gasteiger partial charge in [-0.1, -0.05) is 73.3 Å². The number of aliphatic hydroxyl groups excluding tert-OH is 4. The van der Waals surface area contributed by atoms with Gasteiger partial charge < -0.3 is 34.8 Å². The standard InChI is InChI=1S/C51H37NO8/c1-28(53)46(51(57)50(56)29(2)54)32-16-20-38(21-17-32)52(39-22-15-30-7-3-4-8-35(30)24-39)37-18-13-31(14-19-37)33-9-5-10-34(23-33)36-25-40-41(55)27-44-49-47(40)45(26-36)60-59-43-12-6-11-42(58-44)48(43)49/h3,5-7,9-27,53-57H,1,4,8H2,2H3/b50-29+,51-46-. The maximum absolute atomic E-state index is 11.2. The minimum atomic E-state index is -0.752. The lowest BCUT2D eigenvalue weighted by Crippen LogP contribution is -2.11. The highest BCUT2D eigenvalue weighted by atomic mass is 17.2. The number of hydrogen-bond acceptors (Lipinski definition) is 9. The fraction of sp³-hybridized carbons (Fsp3) is 0.0588. The van der Waals surface area contributed by atoms with Crippen molar-refractivity contribution in [3.05, 3.63) is 180 Å². The number of aryl methyl sites for hydroxylation is 1. The number of benzene rings is 7. The number of phenolic OH excluding ortho intramolecular Hbond substituents is 1. The van der Waals surface area contributed by atoms with Crippen molar-refractivity contribution in [1.82, 2.24) is 0 Å². The van der Waals surface area contributed by atoms with Crippen molar-refractivity contribution in [2.45, 2.75) is 19.8 Å². The van der Waals surface area contributed by atoms with Gasteiger partial charge >= 0.3 is 0 Å². The molecule has 0 saturated heterocycles. The molecule has 7 aromatic carbocycles. The SMILES string of the molecule is C=C(O)/C(=C(O)\C(O)=C(\C)O)c1ccc(N(c2ccc(-c3cccc(-c4cc5c6c(c4)c(O)cc4oc7cccc(c7c46)OO5)c3)cc2)c2ccc3c(c2)CCC=C3)cc1. The molecule has 60 heavy (non-hydrogen) atoms. The Bertz CT molecular complexity index is 3170. The van der Waals surface area contributed by atoms with Crippen LogP contribution in [-0.4, -0.2) is 25.5 Å². The molecule has 0 radical (unpaired) electrons. The first-order chi connectivity index (χ1) is 29.1. The van der Waals surface area contributed by atoms with Crippen molar-refractivity contribution in [3.8, 4) is 39.5 Å². The molecule has 10 rings (SSSR count). The van der Waals surface area contributed by atoms with Crippen molar-refractivity contribution in [2.24, 2.45) is 0 Å². The van der Waals surface area contributed by atoms with Crippen LogP contribution in [0.4, 0.5) is 17.1 Å². The first-order valence-corrected chi connectivity index (χ1v) is 19.4. The van der Waals surface area contributed by atoms with Crippen molar-refractivity contribution in [2.75, 3.05) is 4.90 Å². The Balaban J connectivity index is 1.02. The highest BCUT2D eigenvalue weighted by molar-refractivity contribution is 6.24. The van der Waals surface area contributed by atoms with E-state index in [1.807, 2.05) is 54.6 Å². The van der Waals surface area contributed by atoms with Gasteiger partial charge in [-0.2, -0.15) is 0 Å². The number of nitrogens with zero attached hydrogens (tertiary/aromatic N) is 1. The minimum absolute atomic E-state index is 0.0789. The van der Waals surface area contributed by atoms with Gasteiger partial charge in [-0.3, -0.25) is 9.78 Å². The van der Waals surface area contributed by atoms with E-state index < -0.39 is 23.0 Å². The van der Waals surface area contributed by atoms with Crippen LogP contribution in [0.1, 0.15) is 30.0 Å². The number of allylic oxidation sites excluding steroid dienone is 3. The molecule has 2 aliphatic rings. The second-order valence-electron chi connectivity index (χ2n) is 15.0. The summed E-state index contributed by atoms with van der Waals surface area (Å²) in [5, 5.41) is 55.4. The lowest BCUT2D eigenvalue weighted by Gasteiger charge is -2.27. The third-order valence-electron chi connectivity index (χ3n) is 11.2. The zero-order valence-electron chi connectivity index (χ0n) is 32.3. The summed E-state index contributed by atoms with van der Waals surface area (Å²) < 4.78 is 6.09. The Morgan fingerprint density at radius 3 is 2.07 bits per heavy atom. The monoisotopic (exact) mass is 791 g/mol. The van der Waals surface area contributed by atoms with E-state index in [4.69, 9.17) is 14.2 Å². The van der Waals surface area contributed by atoms with E-state index in [2.05, 4.69) is 78.2 Å². The van der Waals surface area contributed by atoms with Crippen LogP contribution in [0.5, 0.6) is 17.2 Å². The van der Waals surface area contributed by atoms with Crippen LogP contribution in [0, 0.1) is 0 Å². The fourth-order valence-corrected chi connectivity index (χ4v) is 8.35. The molecule has 9 heteroatoms. The first-order valence-electron chi connectivity index (χ1n) is 19.4. The van der Waals surface area contributed by atoms with Gasteiger partial charge in [0.1, 0.15) is 28.4 Å². The fourth-order valence-electron chi connectivity index (χ4n) is 8.35. The first kappa shape index (κ1) is 36.3. The molecular formula is C51H37NO8. The summed E-state index contributed by atoms with van der Waals surface area (Å²) >= 11 is 0. The van der Waals surface area contributed by atoms with E-state index in [0.29, 0.717) is 33.6 Å². The van der Waals surface area contributed by atoms with Gasteiger partial charge in [-0.25, -0.2) is 0 Å². The second-order valence-corrected chi connectivity index (χ2v) is 15.0. The van der Waals surface area contributed by atoms with E-state index in [0.717, 1.165) is 68.3 Å². The van der Waals surface area contributed by atoms with Gasteiger partial charge in [0.2, 0.25) is 0 Å². The predicted octanol–water partition coefficient (Wildman–Crippen LogP) is 13.6. The minimum Gasteiger partial charge on any atom is -0.509 e. The molecule has 1 aromatic heterocycles. The summed E-state index contributed by atoms with van der Waals surface area (Å²) in [6, 6.07) is 41.1. The highest BCUT2D eigenvalue weighted by Crippen LogP contribution is 2.49. The maximum atomic E-state index is 11.2. The third kappa shape index (κ3) is 6.03. The molecule has 8 aromatic rings. The van der Waals surface area contributed by atoms with Gasteiger partial charge in [-0.05, 0) is 125 Å². The Labute approximate surface area is 344 Å². The number of anilines is 3. The molecule has 9 nitrogen and oxygen atoms in total. The molecule has 0 unspecified atom stereocenters. The summed E-state index contributed by atoms with van der Waals surface area (Å²) in [7, 11) is 0. The van der Waals surface area contributed by atoms with Crippen LogP contribution in [0.2, 0.25) is 0 Å². The molecule has 1 aliphatic carbocycles. The second kappa shape index (κ2) is 14.1. The average Bonchev–Trinajstić information content (AvgIpc) is 3.55. The topological polar surface area (TPSA) is 136 Å². The van der Waals surface area contributed by atoms with Crippen molar-refractivity contribution < 1.29 is 39.7 Å². The molecular weight excluding hydrogens is 755 g/mol. The van der Waals surface area contributed by atoms with E-state index in [1.54, 1.807) is 18.2 Å². The number of aromatic hydroxyl groups is 1. The van der Waals surface area contributed by atoms with Crippen LogP contribution in [0.25, 0.3) is 66.6 Å². The molecule has 0 bridgehead atoms. The lowest BCUT2D eigenvalue weighted by molar-refractivity contribution is -0.0963. The van der Waals surface area contributed by atoms with Crippen molar-refractivity contribution >= 4 is 61.4 Å². The average molecular weight is 792 g/mol. The van der Waals surface area contributed by atoms with Crippen LogP contribution >= 0.6 is 0 Å². The van der Waals surface area contributed by atoms with E-state index in [9.17, 15) is 25.5 Å². The Morgan fingerprint density at radius 1 is 0.617 bits per heavy atom. The number of aliphatic hydroxyl groups is 4. The van der Waals surface area contributed by atoms with Crippen LogP contribution in [0.15, 0.2) is 168 Å². The normalized spacial score (nSPS) is 13.8. The number of furan rings is 1. The predicted molar refractivity (Wildman–Crippen MR) is 236 cm³/mol. The summed E-state index contributed by atoms with van der Waals surface area (Å²) in [6.07, 6.45) is 6.23. The van der Waals surface area contributed by atoms with Crippen molar-refractivity contribution in [3.63, 3.8) is 0 Å². The molecule has 5 N–H and O–H groups in total. The highest BCUT2D eigenvalue weighted by Gasteiger charge is 2.25. The molecule has 0 saturated carbocycles. The Hall–Kier alpha value is -8.04. The summed E-state index contributed by atoms with van der Waals surface area (Å²) in [6.45, 7) is 4.80. The van der Waals surface area contributed by atoms with Crippen LogP contribution in [-0.2, 0) is 6.42 Å². The van der Waals surface area contributed by atoms with Gasteiger partial charge in [0.25, 0.3) is 0 Å².